The van der Waals surface area contributed by atoms with Gasteiger partial charge in [-0.05, 0) is 43.8 Å². The Hall–Kier alpha value is -4.24. The van der Waals surface area contributed by atoms with Gasteiger partial charge in [-0.2, -0.15) is 0 Å². The number of benzene rings is 6. The largest absolute Gasteiger partial charge is 0.377 e. The van der Waals surface area contributed by atoms with Gasteiger partial charge in [0.2, 0.25) is 0 Å². The molecule has 37 heavy (non-hydrogen) atoms. The van der Waals surface area contributed by atoms with Gasteiger partial charge in [0.15, 0.2) is 11.2 Å². The number of aliphatic hydroxyl groups is 1. The zero-order chi connectivity index (χ0) is 25.0. The minimum atomic E-state index is -1.50. The lowest BCUT2D eigenvalue weighted by molar-refractivity contribution is -0.136. The Kier molecular flexibility index (Phi) is 4.84. The van der Waals surface area contributed by atoms with E-state index in [1.165, 1.54) is 0 Å². The first kappa shape index (κ1) is 22.0. The first-order chi connectivity index (χ1) is 18.2. The van der Waals surface area contributed by atoms with Crippen LogP contribution in [-0.2, 0) is 15.9 Å². The van der Waals surface area contributed by atoms with Crippen molar-refractivity contribution in [2.24, 2.45) is 0 Å². The summed E-state index contributed by atoms with van der Waals surface area (Å²) in [6.07, 6.45) is 0. The topological polar surface area (TPSA) is 29.5 Å². The zero-order valence-corrected chi connectivity index (χ0v) is 20.6. The molecule has 1 aliphatic rings. The molecule has 2 heteroatoms. The first-order valence-corrected chi connectivity index (χ1v) is 12.6. The minimum Gasteiger partial charge on any atom is -0.377 e. The molecule has 2 atom stereocenters. The van der Waals surface area contributed by atoms with Crippen molar-refractivity contribution in [3.05, 3.63) is 156 Å². The molecule has 0 saturated carbocycles. The van der Waals surface area contributed by atoms with Gasteiger partial charge in [-0.25, -0.2) is 0 Å². The van der Waals surface area contributed by atoms with Crippen molar-refractivity contribution in [3.63, 3.8) is 0 Å². The third-order valence-corrected chi connectivity index (χ3v) is 8.06. The summed E-state index contributed by atoms with van der Waals surface area (Å²) in [5.41, 5.74) is 2.96. The van der Waals surface area contributed by atoms with E-state index in [1.54, 1.807) is 7.11 Å². The molecule has 0 fully saturated rings. The van der Waals surface area contributed by atoms with E-state index >= 15 is 0 Å². The third kappa shape index (κ3) is 2.83. The molecule has 7 rings (SSSR count). The molecule has 0 saturated heterocycles. The summed E-state index contributed by atoms with van der Waals surface area (Å²) in [5.74, 6) is 0. The highest BCUT2D eigenvalue weighted by atomic mass is 16.5. The zero-order valence-electron chi connectivity index (χ0n) is 20.6. The second kappa shape index (κ2) is 8.14. The lowest BCUT2D eigenvalue weighted by Gasteiger charge is -2.52. The van der Waals surface area contributed by atoms with Gasteiger partial charge in [0.05, 0.1) is 0 Å². The van der Waals surface area contributed by atoms with Crippen molar-refractivity contribution in [2.75, 3.05) is 7.11 Å². The minimum absolute atomic E-state index is 0.788. The summed E-state index contributed by atoms with van der Waals surface area (Å²) >= 11 is 0. The number of methoxy groups -OCH3 is 1. The fourth-order valence-electron chi connectivity index (χ4n) is 6.51. The Bertz CT molecular complexity index is 1770. The van der Waals surface area contributed by atoms with E-state index < -0.39 is 11.2 Å². The summed E-state index contributed by atoms with van der Waals surface area (Å²) < 4.78 is 6.63. The monoisotopic (exact) mass is 478 g/mol. The third-order valence-electron chi connectivity index (χ3n) is 8.06. The molecule has 178 valence electrons. The van der Waals surface area contributed by atoms with E-state index in [-0.39, 0.29) is 0 Å². The quantitative estimate of drug-likeness (QED) is 0.281. The van der Waals surface area contributed by atoms with Gasteiger partial charge < -0.3 is 9.84 Å². The van der Waals surface area contributed by atoms with Gasteiger partial charge in [0.25, 0.3) is 0 Å². The Labute approximate surface area is 216 Å². The highest BCUT2D eigenvalue weighted by Gasteiger charge is 2.60. The Morgan fingerprint density at radius 2 is 0.946 bits per heavy atom. The maximum atomic E-state index is 13.3. The van der Waals surface area contributed by atoms with E-state index in [4.69, 9.17) is 4.74 Å². The summed E-state index contributed by atoms with van der Waals surface area (Å²) in [7, 11) is 1.71. The predicted octanol–water partition coefficient (Wildman–Crippen LogP) is 7.80. The van der Waals surface area contributed by atoms with Crippen LogP contribution in [0, 0.1) is 0 Å². The smallest absolute Gasteiger partial charge is 0.155 e. The number of hydrogen-bond donors (Lipinski definition) is 1. The van der Waals surface area contributed by atoms with Crippen LogP contribution in [0.5, 0.6) is 0 Å². The molecular formula is C35H26O2. The van der Waals surface area contributed by atoms with Crippen LogP contribution in [0.1, 0.15) is 22.3 Å². The summed E-state index contributed by atoms with van der Waals surface area (Å²) in [4.78, 5) is 0. The molecule has 1 aliphatic carbocycles. The van der Waals surface area contributed by atoms with Crippen molar-refractivity contribution >= 4 is 21.5 Å². The first-order valence-electron chi connectivity index (χ1n) is 12.6. The Balaban J connectivity index is 1.77. The average molecular weight is 479 g/mol. The van der Waals surface area contributed by atoms with Gasteiger partial charge in [-0.15, -0.1) is 0 Å². The van der Waals surface area contributed by atoms with Crippen LogP contribution in [0.4, 0.5) is 0 Å². The van der Waals surface area contributed by atoms with Crippen LogP contribution in [0.3, 0.4) is 0 Å². The molecule has 1 N–H and O–H groups in total. The van der Waals surface area contributed by atoms with Crippen LogP contribution < -0.4 is 0 Å². The SMILES string of the molecule is CO[C@]1(c2ccccc2)c2ccc3ccccc3c2-c2c(ccc3ccccc23)[C@]1(O)c1ccccc1. The van der Waals surface area contributed by atoms with Gasteiger partial charge in [-0.3, -0.25) is 0 Å². The average Bonchev–Trinajstić information content (AvgIpc) is 2.98. The van der Waals surface area contributed by atoms with Crippen molar-refractivity contribution in [1.82, 2.24) is 0 Å². The standard InChI is InChI=1S/C35H26O2/c1-37-35(27-16-6-3-7-17-27)31-23-21-25-13-9-11-19-29(25)33(31)32-28-18-10-8-12-24(28)20-22-30(32)34(35,36)26-14-4-2-5-15-26/h2-23,36H,1H3/t34-,35-/m1/s1. The maximum Gasteiger partial charge on any atom is 0.155 e. The second-order valence-electron chi connectivity index (χ2n) is 9.75. The van der Waals surface area contributed by atoms with E-state index in [2.05, 4.69) is 84.9 Å². The molecule has 6 aromatic rings. The number of ether oxygens (including phenoxy) is 1. The molecular weight excluding hydrogens is 452 g/mol. The van der Waals surface area contributed by atoms with Crippen LogP contribution in [0.25, 0.3) is 32.7 Å². The maximum absolute atomic E-state index is 13.3. The van der Waals surface area contributed by atoms with E-state index in [0.29, 0.717) is 0 Å². The number of fused-ring (bicyclic) bond motifs is 7. The van der Waals surface area contributed by atoms with Crippen molar-refractivity contribution in [2.45, 2.75) is 11.2 Å². The Morgan fingerprint density at radius 3 is 1.51 bits per heavy atom. The fourth-order valence-corrected chi connectivity index (χ4v) is 6.51. The van der Waals surface area contributed by atoms with E-state index in [1.807, 2.05) is 48.5 Å². The molecule has 0 bridgehead atoms. The van der Waals surface area contributed by atoms with Crippen molar-refractivity contribution < 1.29 is 9.84 Å². The number of hydrogen-bond acceptors (Lipinski definition) is 2. The molecule has 0 heterocycles. The van der Waals surface area contributed by atoms with Crippen molar-refractivity contribution in [3.8, 4) is 11.1 Å². The van der Waals surface area contributed by atoms with Gasteiger partial charge in [-0.1, -0.05) is 133 Å². The fraction of sp³-hybridized carbons (Fsp3) is 0.0857. The predicted molar refractivity (Wildman–Crippen MR) is 151 cm³/mol. The lowest BCUT2D eigenvalue weighted by Crippen LogP contribution is -2.54. The molecule has 0 aliphatic heterocycles. The van der Waals surface area contributed by atoms with Gasteiger partial charge in [0, 0.05) is 18.2 Å². The van der Waals surface area contributed by atoms with Gasteiger partial charge >= 0.3 is 0 Å². The highest BCUT2D eigenvalue weighted by molar-refractivity contribution is 6.09. The van der Waals surface area contributed by atoms with Crippen LogP contribution in [-0.4, -0.2) is 12.2 Å². The summed E-state index contributed by atoms with van der Waals surface area (Å²) in [6.45, 7) is 0. The van der Waals surface area contributed by atoms with Crippen LogP contribution >= 0.6 is 0 Å². The summed E-state index contributed by atoms with van der Waals surface area (Å²) in [5, 5.41) is 17.9. The van der Waals surface area contributed by atoms with Crippen LogP contribution in [0.15, 0.2) is 133 Å². The molecule has 0 radical (unpaired) electrons. The van der Waals surface area contributed by atoms with E-state index in [0.717, 1.165) is 54.9 Å². The highest BCUT2D eigenvalue weighted by Crippen LogP contribution is 2.61. The second-order valence-corrected chi connectivity index (χ2v) is 9.75. The lowest BCUT2D eigenvalue weighted by atomic mass is 9.59. The van der Waals surface area contributed by atoms with Crippen molar-refractivity contribution in [1.29, 1.82) is 0 Å². The van der Waals surface area contributed by atoms with Gasteiger partial charge in [0.1, 0.15) is 0 Å². The normalized spacial score (nSPS) is 20.5. The molecule has 0 unspecified atom stereocenters. The Morgan fingerprint density at radius 1 is 0.486 bits per heavy atom. The molecule has 0 spiro atoms. The molecule has 0 amide bonds. The number of rotatable bonds is 3. The summed E-state index contributed by atoms with van der Waals surface area (Å²) in [6, 6.07) is 45.5. The molecule has 0 aromatic heterocycles. The molecule has 6 aromatic carbocycles. The van der Waals surface area contributed by atoms with Crippen LogP contribution in [0.2, 0.25) is 0 Å². The molecule has 2 nitrogen and oxygen atoms in total. The van der Waals surface area contributed by atoms with E-state index in [9.17, 15) is 5.11 Å².